The minimum Gasteiger partial charge on any atom is -0.330 e. The molecular weight excluding hydrogens is 274 g/mol. The van der Waals surface area contributed by atoms with Gasteiger partial charge >= 0.3 is 0 Å². The van der Waals surface area contributed by atoms with Crippen LogP contribution < -0.4 is 10.5 Å². The Labute approximate surface area is 123 Å². The van der Waals surface area contributed by atoms with E-state index >= 15 is 0 Å². The standard InChI is InChI=1S/C14H29N3O2S/c1-12-6-3-2-4-8-14(12)16-20(18,19)17-9-5-7-13(10-15)11-17/h12-14,16H,2-11,15H2,1H3. The lowest BCUT2D eigenvalue weighted by Gasteiger charge is -2.33. The van der Waals surface area contributed by atoms with E-state index in [2.05, 4.69) is 11.6 Å². The van der Waals surface area contributed by atoms with E-state index in [0.29, 0.717) is 31.5 Å². The van der Waals surface area contributed by atoms with Crippen LogP contribution in [0.25, 0.3) is 0 Å². The molecule has 2 aliphatic rings. The van der Waals surface area contributed by atoms with Gasteiger partial charge in [0.1, 0.15) is 0 Å². The molecule has 1 saturated carbocycles. The number of hydrogen-bond acceptors (Lipinski definition) is 3. The molecule has 20 heavy (non-hydrogen) atoms. The van der Waals surface area contributed by atoms with Crippen molar-refractivity contribution in [1.29, 1.82) is 0 Å². The summed E-state index contributed by atoms with van der Waals surface area (Å²) in [5, 5.41) is 0. The van der Waals surface area contributed by atoms with Gasteiger partial charge in [0, 0.05) is 19.1 Å². The van der Waals surface area contributed by atoms with Gasteiger partial charge in [-0.05, 0) is 44.1 Å². The average Bonchev–Trinajstić information content (AvgIpc) is 2.64. The molecule has 0 aromatic heterocycles. The van der Waals surface area contributed by atoms with Crippen LogP contribution in [0.3, 0.4) is 0 Å². The molecule has 0 radical (unpaired) electrons. The van der Waals surface area contributed by atoms with Crippen LogP contribution in [-0.4, -0.2) is 38.4 Å². The van der Waals surface area contributed by atoms with Gasteiger partial charge < -0.3 is 5.73 Å². The summed E-state index contributed by atoms with van der Waals surface area (Å²) in [6.07, 6.45) is 7.63. The van der Waals surface area contributed by atoms with E-state index in [1.807, 2.05) is 0 Å². The van der Waals surface area contributed by atoms with Gasteiger partial charge in [-0.1, -0.05) is 26.2 Å². The van der Waals surface area contributed by atoms with Gasteiger partial charge in [-0.3, -0.25) is 0 Å². The zero-order valence-corrected chi connectivity index (χ0v) is 13.4. The first-order valence-corrected chi connectivity index (χ1v) is 9.44. The van der Waals surface area contributed by atoms with E-state index in [1.54, 1.807) is 4.31 Å². The van der Waals surface area contributed by atoms with Gasteiger partial charge in [0.2, 0.25) is 0 Å². The lowest BCUT2D eigenvalue weighted by atomic mass is 9.98. The maximum Gasteiger partial charge on any atom is 0.279 e. The van der Waals surface area contributed by atoms with Crippen molar-refractivity contribution in [2.45, 2.75) is 57.9 Å². The van der Waals surface area contributed by atoms with Gasteiger partial charge in [-0.15, -0.1) is 0 Å². The highest BCUT2D eigenvalue weighted by Gasteiger charge is 2.31. The predicted molar refractivity (Wildman–Crippen MR) is 81.4 cm³/mol. The van der Waals surface area contributed by atoms with Crippen LogP contribution in [-0.2, 0) is 10.2 Å². The molecule has 1 heterocycles. The number of nitrogens with one attached hydrogen (secondary N) is 1. The molecule has 0 aromatic rings. The first-order chi connectivity index (χ1) is 9.53. The fraction of sp³-hybridized carbons (Fsp3) is 1.00. The van der Waals surface area contributed by atoms with Crippen molar-refractivity contribution in [3.63, 3.8) is 0 Å². The van der Waals surface area contributed by atoms with Crippen LogP contribution in [0.15, 0.2) is 0 Å². The summed E-state index contributed by atoms with van der Waals surface area (Å²) in [6, 6.07) is 0.0979. The molecule has 2 rings (SSSR count). The number of rotatable bonds is 4. The third-order valence-corrected chi connectivity index (χ3v) is 6.43. The third-order valence-electron chi connectivity index (χ3n) is 4.82. The lowest BCUT2D eigenvalue weighted by molar-refractivity contribution is 0.264. The molecule has 1 saturated heterocycles. The number of nitrogens with zero attached hydrogens (tertiary/aromatic N) is 1. The Hall–Kier alpha value is -0.170. The zero-order chi connectivity index (χ0) is 14.6. The second kappa shape index (κ2) is 7.20. The average molecular weight is 303 g/mol. The molecule has 6 heteroatoms. The molecule has 0 aromatic carbocycles. The van der Waals surface area contributed by atoms with Gasteiger partial charge in [-0.2, -0.15) is 17.4 Å². The fourth-order valence-electron chi connectivity index (χ4n) is 3.37. The largest absolute Gasteiger partial charge is 0.330 e. The molecule has 1 aliphatic heterocycles. The normalized spacial score (nSPS) is 33.8. The van der Waals surface area contributed by atoms with Crippen LogP contribution in [0.1, 0.15) is 51.9 Å². The number of nitrogens with two attached hydrogens (primary N) is 1. The summed E-state index contributed by atoms with van der Waals surface area (Å²) in [7, 11) is -3.35. The molecule has 0 amide bonds. The molecule has 1 aliphatic carbocycles. The molecule has 3 unspecified atom stereocenters. The molecule has 3 N–H and O–H groups in total. The second-order valence-corrected chi connectivity index (χ2v) is 8.15. The van der Waals surface area contributed by atoms with Crippen molar-refractivity contribution in [3.05, 3.63) is 0 Å². The van der Waals surface area contributed by atoms with Crippen LogP contribution >= 0.6 is 0 Å². The van der Waals surface area contributed by atoms with E-state index in [1.165, 1.54) is 12.8 Å². The highest BCUT2D eigenvalue weighted by molar-refractivity contribution is 7.87. The summed E-state index contributed by atoms with van der Waals surface area (Å²) in [4.78, 5) is 0. The highest BCUT2D eigenvalue weighted by atomic mass is 32.2. The topological polar surface area (TPSA) is 75.4 Å². The maximum absolute atomic E-state index is 12.5. The van der Waals surface area contributed by atoms with Crippen molar-refractivity contribution in [3.8, 4) is 0 Å². The van der Waals surface area contributed by atoms with Crippen LogP contribution in [0, 0.1) is 11.8 Å². The summed E-state index contributed by atoms with van der Waals surface area (Å²) in [6.45, 7) is 3.95. The molecule has 5 nitrogen and oxygen atoms in total. The molecule has 0 spiro atoms. The summed E-state index contributed by atoms with van der Waals surface area (Å²) < 4.78 is 29.7. The van der Waals surface area contributed by atoms with E-state index in [9.17, 15) is 8.42 Å². The Morgan fingerprint density at radius 2 is 1.90 bits per heavy atom. The van der Waals surface area contributed by atoms with Crippen molar-refractivity contribution in [2.24, 2.45) is 17.6 Å². The van der Waals surface area contributed by atoms with E-state index in [-0.39, 0.29) is 6.04 Å². The summed E-state index contributed by atoms with van der Waals surface area (Å²) >= 11 is 0. The van der Waals surface area contributed by atoms with Gasteiger partial charge in [0.25, 0.3) is 10.2 Å². The van der Waals surface area contributed by atoms with E-state index < -0.39 is 10.2 Å². The van der Waals surface area contributed by atoms with Crippen LogP contribution in [0.5, 0.6) is 0 Å². The first kappa shape index (κ1) is 16.2. The Kier molecular flexibility index (Phi) is 5.84. The molecular formula is C14H29N3O2S. The summed E-state index contributed by atoms with van der Waals surface area (Å²) in [5.41, 5.74) is 5.69. The van der Waals surface area contributed by atoms with Crippen LogP contribution in [0.4, 0.5) is 0 Å². The van der Waals surface area contributed by atoms with Gasteiger partial charge in [0.15, 0.2) is 0 Å². The lowest BCUT2D eigenvalue weighted by Crippen LogP contribution is -2.51. The van der Waals surface area contributed by atoms with Gasteiger partial charge in [0.05, 0.1) is 0 Å². The number of piperidine rings is 1. The number of hydrogen-bond donors (Lipinski definition) is 2. The maximum atomic E-state index is 12.5. The third kappa shape index (κ3) is 4.16. The van der Waals surface area contributed by atoms with E-state index in [4.69, 9.17) is 5.73 Å². The second-order valence-electron chi connectivity index (χ2n) is 6.45. The van der Waals surface area contributed by atoms with Crippen LogP contribution in [0.2, 0.25) is 0 Å². The Bertz CT molecular complexity index is 399. The molecule has 3 atom stereocenters. The Balaban J connectivity index is 1.98. The SMILES string of the molecule is CC1CCCCCC1NS(=O)(=O)N1CCCC(CN)C1. The monoisotopic (exact) mass is 303 g/mol. The van der Waals surface area contributed by atoms with Crippen molar-refractivity contribution < 1.29 is 8.42 Å². The highest BCUT2D eigenvalue weighted by Crippen LogP contribution is 2.25. The van der Waals surface area contributed by atoms with Crippen molar-refractivity contribution >= 4 is 10.2 Å². The zero-order valence-electron chi connectivity index (χ0n) is 12.6. The van der Waals surface area contributed by atoms with E-state index in [0.717, 1.165) is 32.1 Å². The molecule has 2 fully saturated rings. The van der Waals surface area contributed by atoms with Crippen molar-refractivity contribution in [2.75, 3.05) is 19.6 Å². The Morgan fingerprint density at radius 3 is 2.65 bits per heavy atom. The molecule has 118 valence electrons. The Morgan fingerprint density at radius 1 is 1.15 bits per heavy atom. The van der Waals surface area contributed by atoms with Crippen molar-refractivity contribution in [1.82, 2.24) is 9.03 Å². The summed E-state index contributed by atoms with van der Waals surface area (Å²) in [5.74, 6) is 0.745. The first-order valence-electron chi connectivity index (χ1n) is 8.00. The smallest absolute Gasteiger partial charge is 0.279 e. The minimum atomic E-state index is -3.35. The van der Waals surface area contributed by atoms with Gasteiger partial charge in [-0.25, -0.2) is 0 Å². The predicted octanol–water partition coefficient (Wildman–Crippen LogP) is 1.46. The fourth-order valence-corrected chi connectivity index (χ4v) is 5.03. The quantitative estimate of drug-likeness (QED) is 0.772. The minimum absolute atomic E-state index is 0.0979. The molecule has 0 bridgehead atoms.